The molecule has 0 radical (unpaired) electrons. The zero-order valence-electron chi connectivity index (χ0n) is 13.2. The minimum absolute atomic E-state index is 0.250. The van der Waals surface area contributed by atoms with Gasteiger partial charge in [-0.25, -0.2) is 0 Å². The van der Waals surface area contributed by atoms with Crippen LogP contribution in [0.1, 0.15) is 18.1 Å². The molecule has 7 heteroatoms. The minimum atomic E-state index is -4.39. The third kappa shape index (κ3) is 4.65. The van der Waals surface area contributed by atoms with Gasteiger partial charge in [0.1, 0.15) is 0 Å². The van der Waals surface area contributed by atoms with E-state index in [1.807, 2.05) is 6.92 Å². The zero-order chi connectivity index (χ0) is 17.6. The lowest BCUT2D eigenvalue weighted by Gasteiger charge is -2.09. The first-order chi connectivity index (χ1) is 11.4. The fourth-order valence-corrected chi connectivity index (χ4v) is 1.99. The Morgan fingerprint density at radius 3 is 2.58 bits per heavy atom. The Hall–Kier alpha value is -2.70. The standard InChI is InChI=1S/C17H17F3N2O2/c1-3-24-16-9-12(7-8-15(16)23-2)11-21-22-14-6-4-5-13(10-14)17(18,19)20/h4-11,22H,3H2,1-2H3. The average molecular weight is 338 g/mol. The van der Waals surface area contributed by atoms with Crippen LogP contribution in [0.4, 0.5) is 18.9 Å². The SMILES string of the molecule is CCOc1cc(C=NNc2cccc(C(F)(F)F)c2)ccc1OC. The first-order valence-electron chi connectivity index (χ1n) is 7.21. The number of halogens is 3. The van der Waals surface area contributed by atoms with Gasteiger partial charge in [0, 0.05) is 0 Å². The Kier molecular flexibility index (Phi) is 5.68. The lowest BCUT2D eigenvalue weighted by molar-refractivity contribution is -0.137. The van der Waals surface area contributed by atoms with Gasteiger partial charge >= 0.3 is 6.18 Å². The lowest BCUT2D eigenvalue weighted by atomic mass is 10.2. The van der Waals surface area contributed by atoms with Crippen molar-refractivity contribution in [3.05, 3.63) is 53.6 Å². The molecule has 0 aliphatic rings. The number of nitrogens with one attached hydrogen (secondary N) is 1. The van der Waals surface area contributed by atoms with E-state index in [-0.39, 0.29) is 5.69 Å². The van der Waals surface area contributed by atoms with Gasteiger partial charge in [0.2, 0.25) is 0 Å². The van der Waals surface area contributed by atoms with E-state index in [4.69, 9.17) is 9.47 Å². The van der Waals surface area contributed by atoms with E-state index in [9.17, 15) is 13.2 Å². The summed E-state index contributed by atoms with van der Waals surface area (Å²) in [6.45, 7) is 2.34. The Balaban J connectivity index is 2.10. The summed E-state index contributed by atoms with van der Waals surface area (Å²) >= 11 is 0. The van der Waals surface area contributed by atoms with E-state index in [1.54, 1.807) is 25.3 Å². The highest BCUT2D eigenvalue weighted by Gasteiger charge is 2.30. The number of hydrazone groups is 1. The van der Waals surface area contributed by atoms with E-state index in [2.05, 4.69) is 10.5 Å². The zero-order valence-corrected chi connectivity index (χ0v) is 13.2. The van der Waals surface area contributed by atoms with Crippen molar-refractivity contribution in [2.75, 3.05) is 19.1 Å². The normalized spacial score (nSPS) is 11.5. The molecule has 0 saturated carbocycles. The van der Waals surface area contributed by atoms with Gasteiger partial charge in [-0.3, -0.25) is 5.43 Å². The van der Waals surface area contributed by atoms with Crippen LogP contribution in [0.5, 0.6) is 11.5 Å². The first-order valence-corrected chi connectivity index (χ1v) is 7.21. The van der Waals surface area contributed by atoms with Crippen molar-refractivity contribution in [2.45, 2.75) is 13.1 Å². The maximum absolute atomic E-state index is 12.7. The fraction of sp³-hybridized carbons (Fsp3) is 0.235. The second-order valence-electron chi connectivity index (χ2n) is 4.79. The first kappa shape index (κ1) is 17.7. The maximum atomic E-state index is 12.7. The Bertz CT molecular complexity index is 715. The van der Waals surface area contributed by atoms with E-state index in [1.165, 1.54) is 18.3 Å². The number of methoxy groups -OCH3 is 1. The van der Waals surface area contributed by atoms with Crippen LogP contribution in [0.25, 0.3) is 0 Å². The fourth-order valence-electron chi connectivity index (χ4n) is 1.99. The second-order valence-corrected chi connectivity index (χ2v) is 4.79. The van der Waals surface area contributed by atoms with E-state index in [0.29, 0.717) is 18.1 Å². The summed E-state index contributed by atoms with van der Waals surface area (Å²) in [5.41, 5.74) is 2.82. The number of ether oxygens (including phenoxy) is 2. The van der Waals surface area contributed by atoms with Gasteiger partial charge in [0.05, 0.1) is 31.2 Å². The Labute approximate surface area is 137 Å². The summed E-state index contributed by atoms with van der Waals surface area (Å²) < 4.78 is 48.6. The van der Waals surface area contributed by atoms with Crippen LogP contribution < -0.4 is 14.9 Å². The second kappa shape index (κ2) is 7.72. The topological polar surface area (TPSA) is 42.8 Å². The quantitative estimate of drug-likeness (QED) is 0.620. The molecule has 1 N–H and O–H groups in total. The van der Waals surface area contributed by atoms with Crippen molar-refractivity contribution in [1.29, 1.82) is 0 Å². The predicted octanol–water partition coefficient (Wildman–Crippen LogP) is 4.56. The molecule has 0 heterocycles. The summed E-state index contributed by atoms with van der Waals surface area (Å²) in [5, 5.41) is 3.95. The molecule has 0 atom stereocenters. The van der Waals surface area contributed by atoms with Gasteiger partial charge in [0.25, 0.3) is 0 Å². The van der Waals surface area contributed by atoms with E-state index >= 15 is 0 Å². The highest BCUT2D eigenvalue weighted by Crippen LogP contribution is 2.30. The molecule has 0 aliphatic carbocycles. The molecule has 0 amide bonds. The molecule has 2 aromatic carbocycles. The van der Waals surface area contributed by atoms with Crippen molar-refractivity contribution < 1.29 is 22.6 Å². The summed E-state index contributed by atoms with van der Waals surface area (Å²) in [6.07, 6.45) is -2.90. The number of rotatable bonds is 6. The smallest absolute Gasteiger partial charge is 0.416 e. The number of anilines is 1. The molecule has 2 aromatic rings. The number of nitrogens with zero attached hydrogens (tertiary/aromatic N) is 1. The highest BCUT2D eigenvalue weighted by molar-refractivity contribution is 5.81. The molecular formula is C17H17F3N2O2. The van der Waals surface area contributed by atoms with Crippen LogP contribution in [0.3, 0.4) is 0 Å². The molecule has 0 saturated heterocycles. The van der Waals surface area contributed by atoms with Crippen LogP contribution in [-0.2, 0) is 6.18 Å². The van der Waals surface area contributed by atoms with Crippen molar-refractivity contribution in [3.8, 4) is 11.5 Å². The number of hydrogen-bond donors (Lipinski definition) is 1. The minimum Gasteiger partial charge on any atom is -0.493 e. The highest BCUT2D eigenvalue weighted by atomic mass is 19.4. The van der Waals surface area contributed by atoms with Gasteiger partial charge in [-0.2, -0.15) is 18.3 Å². The van der Waals surface area contributed by atoms with Crippen molar-refractivity contribution in [2.24, 2.45) is 5.10 Å². The molecular weight excluding hydrogens is 321 g/mol. The van der Waals surface area contributed by atoms with Gasteiger partial charge in [-0.05, 0) is 48.9 Å². The van der Waals surface area contributed by atoms with Crippen LogP contribution in [0.15, 0.2) is 47.6 Å². The van der Waals surface area contributed by atoms with Gasteiger partial charge < -0.3 is 9.47 Å². The number of hydrogen-bond acceptors (Lipinski definition) is 4. The van der Waals surface area contributed by atoms with Gasteiger partial charge in [-0.1, -0.05) is 6.07 Å². The molecule has 128 valence electrons. The molecule has 0 fully saturated rings. The molecule has 0 bridgehead atoms. The summed E-state index contributed by atoms with van der Waals surface area (Å²) in [4.78, 5) is 0. The Morgan fingerprint density at radius 1 is 1.12 bits per heavy atom. The van der Waals surface area contributed by atoms with Crippen LogP contribution in [0, 0.1) is 0 Å². The molecule has 0 aromatic heterocycles. The number of benzene rings is 2. The lowest BCUT2D eigenvalue weighted by Crippen LogP contribution is -2.05. The van der Waals surface area contributed by atoms with Crippen molar-refractivity contribution in [3.63, 3.8) is 0 Å². The predicted molar refractivity (Wildman–Crippen MR) is 86.8 cm³/mol. The van der Waals surface area contributed by atoms with Crippen LogP contribution in [0.2, 0.25) is 0 Å². The number of alkyl halides is 3. The van der Waals surface area contributed by atoms with Gasteiger partial charge in [-0.15, -0.1) is 0 Å². The van der Waals surface area contributed by atoms with Crippen molar-refractivity contribution in [1.82, 2.24) is 0 Å². The summed E-state index contributed by atoms with van der Waals surface area (Å²) in [6, 6.07) is 10.1. The monoisotopic (exact) mass is 338 g/mol. The average Bonchev–Trinajstić information content (AvgIpc) is 2.55. The molecule has 0 spiro atoms. The van der Waals surface area contributed by atoms with Crippen LogP contribution >= 0.6 is 0 Å². The third-order valence-corrected chi connectivity index (χ3v) is 3.08. The summed E-state index contributed by atoms with van der Waals surface area (Å²) in [5.74, 6) is 1.17. The van der Waals surface area contributed by atoms with Gasteiger partial charge in [0.15, 0.2) is 11.5 Å². The maximum Gasteiger partial charge on any atom is 0.416 e. The van der Waals surface area contributed by atoms with Crippen molar-refractivity contribution >= 4 is 11.9 Å². The molecule has 0 aliphatic heterocycles. The van der Waals surface area contributed by atoms with E-state index in [0.717, 1.165) is 17.7 Å². The van der Waals surface area contributed by atoms with E-state index < -0.39 is 11.7 Å². The summed E-state index contributed by atoms with van der Waals surface area (Å²) in [7, 11) is 1.54. The Morgan fingerprint density at radius 2 is 1.92 bits per heavy atom. The molecule has 24 heavy (non-hydrogen) atoms. The third-order valence-electron chi connectivity index (χ3n) is 3.08. The molecule has 0 unspecified atom stereocenters. The largest absolute Gasteiger partial charge is 0.493 e. The molecule has 2 rings (SSSR count). The molecule has 4 nitrogen and oxygen atoms in total. The van der Waals surface area contributed by atoms with Crippen LogP contribution in [-0.4, -0.2) is 19.9 Å².